The summed E-state index contributed by atoms with van der Waals surface area (Å²) in [5, 5.41) is 2.91. The summed E-state index contributed by atoms with van der Waals surface area (Å²) in [7, 11) is 1.98. The summed E-state index contributed by atoms with van der Waals surface area (Å²) in [6.45, 7) is 7.65. The molecule has 1 aromatic carbocycles. The number of carbonyl (C=O) groups excluding carboxylic acids is 1. The van der Waals surface area contributed by atoms with Crippen LogP contribution >= 0.6 is 0 Å². The number of hydrogen-bond acceptors (Lipinski definition) is 2. The number of carbonyl (C=O) groups is 1. The van der Waals surface area contributed by atoms with E-state index in [0.717, 1.165) is 22.5 Å². The first-order valence-electron chi connectivity index (χ1n) is 6.03. The zero-order valence-corrected chi connectivity index (χ0v) is 11.5. The van der Waals surface area contributed by atoms with Crippen molar-refractivity contribution < 1.29 is 4.79 Å². The molecule has 0 bridgehead atoms. The topological polar surface area (TPSA) is 46.9 Å². The Kier molecular flexibility index (Phi) is 2.89. The molecule has 0 aliphatic heterocycles. The zero-order valence-electron chi connectivity index (χ0n) is 11.5. The molecule has 96 valence electrons. The van der Waals surface area contributed by atoms with Gasteiger partial charge in [0.25, 0.3) is 0 Å². The van der Waals surface area contributed by atoms with E-state index in [0.29, 0.717) is 0 Å². The van der Waals surface area contributed by atoms with Crippen molar-refractivity contribution in [2.75, 3.05) is 5.32 Å². The number of fused-ring (bicyclic) bond motifs is 1. The van der Waals surface area contributed by atoms with E-state index < -0.39 is 5.41 Å². The maximum absolute atomic E-state index is 11.9. The average molecular weight is 245 g/mol. The van der Waals surface area contributed by atoms with Gasteiger partial charge in [0.15, 0.2) is 0 Å². The van der Waals surface area contributed by atoms with Crippen LogP contribution in [0.2, 0.25) is 0 Å². The van der Waals surface area contributed by atoms with Crippen LogP contribution in [-0.4, -0.2) is 15.5 Å². The monoisotopic (exact) mass is 245 g/mol. The second kappa shape index (κ2) is 4.12. The maximum atomic E-state index is 11.9. The normalized spacial score (nSPS) is 11.8. The smallest absolute Gasteiger partial charge is 0.229 e. The Labute approximate surface area is 107 Å². The summed E-state index contributed by atoms with van der Waals surface area (Å²) in [4.78, 5) is 16.4. The van der Waals surface area contributed by atoms with Crippen LogP contribution in [0.5, 0.6) is 0 Å². The van der Waals surface area contributed by atoms with Crippen LogP contribution in [0.1, 0.15) is 26.6 Å². The van der Waals surface area contributed by atoms with Crippen molar-refractivity contribution in [2.24, 2.45) is 12.5 Å². The number of nitrogens with zero attached hydrogens (tertiary/aromatic N) is 2. The SMILES string of the molecule is Cc1nc2cc(NC(=O)C(C)(C)C)ccc2n1C. The van der Waals surface area contributed by atoms with Crippen molar-refractivity contribution in [3.8, 4) is 0 Å². The van der Waals surface area contributed by atoms with E-state index >= 15 is 0 Å². The van der Waals surface area contributed by atoms with Crippen molar-refractivity contribution in [2.45, 2.75) is 27.7 Å². The summed E-state index contributed by atoms with van der Waals surface area (Å²) >= 11 is 0. The van der Waals surface area contributed by atoms with Gasteiger partial charge in [-0.1, -0.05) is 20.8 Å². The molecule has 4 nitrogen and oxygen atoms in total. The van der Waals surface area contributed by atoms with E-state index in [1.807, 2.05) is 57.5 Å². The maximum Gasteiger partial charge on any atom is 0.229 e. The van der Waals surface area contributed by atoms with Gasteiger partial charge in [-0.25, -0.2) is 4.98 Å². The molecule has 4 heteroatoms. The minimum Gasteiger partial charge on any atom is -0.331 e. The first-order valence-corrected chi connectivity index (χ1v) is 6.03. The third-order valence-corrected chi connectivity index (χ3v) is 3.04. The second-order valence-corrected chi connectivity index (χ2v) is 5.63. The fourth-order valence-corrected chi connectivity index (χ4v) is 1.72. The van der Waals surface area contributed by atoms with Crippen molar-refractivity contribution in [1.29, 1.82) is 0 Å². The minimum atomic E-state index is -0.394. The molecule has 0 fully saturated rings. The van der Waals surface area contributed by atoms with Crippen LogP contribution in [0.25, 0.3) is 11.0 Å². The molecule has 0 radical (unpaired) electrons. The van der Waals surface area contributed by atoms with E-state index in [1.165, 1.54) is 0 Å². The predicted molar refractivity (Wildman–Crippen MR) is 73.5 cm³/mol. The average Bonchev–Trinajstić information content (AvgIpc) is 2.53. The number of amides is 1. The van der Waals surface area contributed by atoms with Gasteiger partial charge in [-0.2, -0.15) is 0 Å². The molecule has 1 N–H and O–H groups in total. The molecular formula is C14H19N3O. The van der Waals surface area contributed by atoms with E-state index in [2.05, 4.69) is 10.3 Å². The highest BCUT2D eigenvalue weighted by molar-refractivity contribution is 5.96. The Morgan fingerprint density at radius 1 is 1.33 bits per heavy atom. The van der Waals surface area contributed by atoms with Crippen LogP contribution in [0.15, 0.2) is 18.2 Å². The second-order valence-electron chi connectivity index (χ2n) is 5.63. The van der Waals surface area contributed by atoms with Gasteiger partial charge in [0.2, 0.25) is 5.91 Å². The number of rotatable bonds is 1. The fourth-order valence-electron chi connectivity index (χ4n) is 1.72. The van der Waals surface area contributed by atoms with Gasteiger partial charge in [-0.15, -0.1) is 0 Å². The molecule has 0 aliphatic carbocycles. The van der Waals surface area contributed by atoms with Crippen LogP contribution in [-0.2, 0) is 11.8 Å². The number of imidazole rings is 1. The minimum absolute atomic E-state index is 0.00880. The van der Waals surface area contributed by atoms with Gasteiger partial charge in [0.05, 0.1) is 11.0 Å². The molecule has 0 spiro atoms. The van der Waals surface area contributed by atoms with Gasteiger partial charge in [0.1, 0.15) is 5.82 Å². The summed E-state index contributed by atoms with van der Waals surface area (Å²) in [5.74, 6) is 0.971. The third-order valence-electron chi connectivity index (χ3n) is 3.04. The molecule has 0 aliphatic rings. The van der Waals surface area contributed by atoms with Crippen LogP contribution < -0.4 is 5.32 Å². The van der Waals surface area contributed by atoms with E-state index in [9.17, 15) is 4.79 Å². The van der Waals surface area contributed by atoms with Gasteiger partial charge in [0, 0.05) is 18.2 Å². The number of anilines is 1. The molecule has 2 aromatic rings. The Hall–Kier alpha value is -1.84. The summed E-state index contributed by atoms with van der Waals surface area (Å²) in [6.07, 6.45) is 0. The van der Waals surface area contributed by atoms with E-state index in [-0.39, 0.29) is 5.91 Å². The number of nitrogens with one attached hydrogen (secondary N) is 1. The summed E-state index contributed by atoms with van der Waals surface area (Å²) < 4.78 is 2.03. The van der Waals surface area contributed by atoms with Crippen LogP contribution in [0, 0.1) is 12.3 Å². The highest BCUT2D eigenvalue weighted by atomic mass is 16.2. The van der Waals surface area contributed by atoms with Crippen molar-refractivity contribution in [1.82, 2.24) is 9.55 Å². The van der Waals surface area contributed by atoms with Gasteiger partial charge in [-0.05, 0) is 25.1 Å². The Bertz CT molecular complexity index is 605. The number of hydrogen-bond donors (Lipinski definition) is 1. The lowest BCUT2D eigenvalue weighted by atomic mass is 9.95. The number of benzene rings is 1. The number of aromatic nitrogens is 2. The first kappa shape index (κ1) is 12.6. The molecule has 2 rings (SSSR count). The molecule has 1 heterocycles. The fraction of sp³-hybridized carbons (Fsp3) is 0.429. The molecule has 0 saturated heterocycles. The predicted octanol–water partition coefficient (Wildman–Crippen LogP) is 2.87. The Balaban J connectivity index is 2.34. The van der Waals surface area contributed by atoms with Crippen molar-refractivity contribution in [3.63, 3.8) is 0 Å². The molecule has 0 saturated carbocycles. The third kappa shape index (κ3) is 2.23. The first-order chi connectivity index (χ1) is 8.29. The molecule has 0 unspecified atom stereocenters. The van der Waals surface area contributed by atoms with Gasteiger partial charge >= 0.3 is 0 Å². The molecular weight excluding hydrogens is 226 g/mol. The lowest BCUT2D eigenvalue weighted by Crippen LogP contribution is -2.27. The van der Waals surface area contributed by atoms with Gasteiger partial charge < -0.3 is 9.88 Å². The molecule has 1 amide bonds. The lowest BCUT2D eigenvalue weighted by Gasteiger charge is -2.17. The molecule has 1 aromatic heterocycles. The molecule has 0 atom stereocenters. The highest BCUT2D eigenvalue weighted by Gasteiger charge is 2.21. The largest absolute Gasteiger partial charge is 0.331 e. The van der Waals surface area contributed by atoms with E-state index in [4.69, 9.17) is 0 Å². The summed E-state index contributed by atoms with van der Waals surface area (Å²) in [5.41, 5.74) is 2.37. The Morgan fingerprint density at radius 2 is 2.00 bits per heavy atom. The van der Waals surface area contributed by atoms with Crippen molar-refractivity contribution in [3.05, 3.63) is 24.0 Å². The lowest BCUT2D eigenvalue weighted by molar-refractivity contribution is -0.123. The van der Waals surface area contributed by atoms with Crippen LogP contribution in [0.4, 0.5) is 5.69 Å². The highest BCUT2D eigenvalue weighted by Crippen LogP contribution is 2.21. The number of aryl methyl sites for hydroxylation is 2. The summed E-state index contributed by atoms with van der Waals surface area (Å²) in [6, 6.07) is 5.80. The quantitative estimate of drug-likeness (QED) is 0.839. The standard InChI is InChI=1S/C14H19N3O/c1-9-15-11-8-10(6-7-12(11)17(9)5)16-13(18)14(2,3)4/h6-8H,1-5H3,(H,16,18). The zero-order chi connectivity index (χ0) is 13.5. The molecule has 18 heavy (non-hydrogen) atoms. The van der Waals surface area contributed by atoms with Crippen molar-refractivity contribution >= 4 is 22.6 Å². The Morgan fingerprint density at radius 3 is 2.61 bits per heavy atom. The van der Waals surface area contributed by atoms with Crippen LogP contribution in [0.3, 0.4) is 0 Å². The van der Waals surface area contributed by atoms with Gasteiger partial charge in [-0.3, -0.25) is 4.79 Å². The van der Waals surface area contributed by atoms with E-state index in [1.54, 1.807) is 0 Å².